The molecule has 2 aliphatic heterocycles. The maximum Gasteiger partial charge on any atom is 0.514 e. The van der Waals surface area contributed by atoms with Gasteiger partial charge in [0.1, 0.15) is 23.7 Å². The van der Waals surface area contributed by atoms with Crippen LogP contribution >= 0.6 is 21.6 Å². The molecule has 0 N–H and O–H groups in total. The number of unbranched alkanes of at least 4 members (excludes halogenated alkanes) is 1. The molecule has 0 spiro atoms. The van der Waals surface area contributed by atoms with E-state index in [1.165, 1.54) is 24.3 Å². The number of piperazine rings is 1. The Bertz CT molecular complexity index is 1400. The molecule has 2 fully saturated rings. The fourth-order valence-electron chi connectivity index (χ4n) is 4.94. The minimum absolute atomic E-state index is 0.0224. The predicted molar refractivity (Wildman–Crippen MR) is 172 cm³/mol. The molecule has 2 amide bonds. The average molecular weight is 676 g/mol. The standard InChI is InChI=1S/C31H37N3O10S2/c1-31(2,3)44-28(36)7-5-4-6-27(35)32-16-17-33(26-20-46-45-19-25(26)32)29(37)42-23-12-8-21(9-13-23)18-41-30(38)43-24-14-10-22(11-15-24)34(39)40/h8-15,25-26H,4-7,16-20H2,1-3H3. The van der Waals surface area contributed by atoms with Gasteiger partial charge in [-0.15, -0.1) is 0 Å². The van der Waals surface area contributed by atoms with Gasteiger partial charge in [-0.3, -0.25) is 19.7 Å². The molecule has 2 aromatic carbocycles. The van der Waals surface area contributed by atoms with Crippen molar-refractivity contribution < 1.29 is 43.0 Å². The van der Waals surface area contributed by atoms with Crippen molar-refractivity contribution in [2.75, 3.05) is 24.6 Å². The molecule has 248 valence electrons. The second kappa shape index (κ2) is 16.0. The summed E-state index contributed by atoms with van der Waals surface area (Å²) in [4.78, 5) is 64.1. The maximum atomic E-state index is 13.2. The molecule has 4 rings (SSSR count). The number of non-ortho nitro benzene ring substituents is 1. The molecular formula is C31H37N3O10S2. The second-order valence-electron chi connectivity index (χ2n) is 11.7. The number of esters is 1. The van der Waals surface area contributed by atoms with Gasteiger partial charge in [-0.25, -0.2) is 9.59 Å². The smallest absolute Gasteiger partial charge is 0.460 e. The topological polar surface area (TPSA) is 155 Å². The number of ether oxygens (including phenoxy) is 4. The summed E-state index contributed by atoms with van der Waals surface area (Å²) in [6.45, 7) is 6.12. The highest BCUT2D eigenvalue weighted by Crippen LogP contribution is 2.37. The highest BCUT2D eigenvalue weighted by atomic mass is 33.1. The van der Waals surface area contributed by atoms with Crippen LogP contribution in [0, 0.1) is 10.1 Å². The van der Waals surface area contributed by atoms with E-state index < -0.39 is 22.8 Å². The van der Waals surface area contributed by atoms with E-state index in [9.17, 15) is 29.3 Å². The largest absolute Gasteiger partial charge is 0.514 e. The summed E-state index contributed by atoms with van der Waals surface area (Å²) in [7, 11) is 3.34. The summed E-state index contributed by atoms with van der Waals surface area (Å²) >= 11 is 0. The first-order valence-corrected chi connectivity index (χ1v) is 17.3. The van der Waals surface area contributed by atoms with Crippen LogP contribution in [-0.2, 0) is 25.7 Å². The molecule has 2 aromatic rings. The molecule has 2 heterocycles. The number of nitro groups is 1. The van der Waals surface area contributed by atoms with Crippen LogP contribution in [0.4, 0.5) is 15.3 Å². The Morgan fingerprint density at radius 2 is 1.41 bits per heavy atom. The molecule has 2 saturated heterocycles. The number of hydrogen-bond donors (Lipinski definition) is 0. The zero-order valence-corrected chi connectivity index (χ0v) is 27.5. The molecule has 2 aliphatic rings. The van der Waals surface area contributed by atoms with Gasteiger partial charge in [0, 0.05) is 49.6 Å². The molecule has 46 heavy (non-hydrogen) atoms. The quantitative estimate of drug-likeness (QED) is 0.0726. The summed E-state index contributed by atoms with van der Waals surface area (Å²) in [6.07, 6.45) is 0.292. The van der Waals surface area contributed by atoms with E-state index in [0.717, 1.165) is 0 Å². The van der Waals surface area contributed by atoms with Crippen molar-refractivity contribution in [1.29, 1.82) is 0 Å². The Morgan fingerprint density at radius 1 is 0.848 bits per heavy atom. The summed E-state index contributed by atoms with van der Waals surface area (Å²) in [5.41, 5.74) is -0.0357. The van der Waals surface area contributed by atoms with Crippen LogP contribution < -0.4 is 9.47 Å². The predicted octanol–water partition coefficient (Wildman–Crippen LogP) is 5.99. The van der Waals surface area contributed by atoms with Gasteiger partial charge < -0.3 is 28.7 Å². The van der Waals surface area contributed by atoms with Crippen LogP contribution in [-0.4, -0.2) is 81.1 Å². The highest BCUT2D eigenvalue weighted by molar-refractivity contribution is 8.76. The normalized spacial score (nSPS) is 17.8. The third-order valence-electron chi connectivity index (χ3n) is 7.12. The number of nitrogens with zero attached hydrogens (tertiary/aromatic N) is 3. The van der Waals surface area contributed by atoms with E-state index in [0.29, 0.717) is 55.2 Å². The van der Waals surface area contributed by atoms with E-state index in [4.69, 9.17) is 18.9 Å². The van der Waals surface area contributed by atoms with Gasteiger partial charge in [-0.2, -0.15) is 0 Å². The third kappa shape index (κ3) is 10.3. The highest BCUT2D eigenvalue weighted by Gasteiger charge is 2.43. The number of amides is 2. The van der Waals surface area contributed by atoms with E-state index in [1.54, 1.807) is 50.8 Å². The minimum Gasteiger partial charge on any atom is -0.460 e. The molecule has 0 bridgehead atoms. The van der Waals surface area contributed by atoms with Gasteiger partial charge >= 0.3 is 18.2 Å². The van der Waals surface area contributed by atoms with Crippen molar-refractivity contribution in [2.45, 2.75) is 70.7 Å². The van der Waals surface area contributed by atoms with Crippen molar-refractivity contribution in [1.82, 2.24) is 9.80 Å². The van der Waals surface area contributed by atoms with Crippen molar-refractivity contribution in [3.8, 4) is 11.5 Å². The third-order valence-corrected chi connectivity index (χ3v) is 9.56. The lowest BCUT2D eigenvalue weighted by Crippen LogP contribution is -2.65. The Morgan fingerprint density at radius 3 is 2.04 bits per heavy atom. The molecule has 2 atom stereocenters. The monoisotopic (exact) mass is 675 g/mol. The van der Waals surface area contributed by atoms with Crippen LogP contribution in [0.2, 0.25) is 0 Å². The zero-order chi connectivity index (χ0) is 33.3. The van der Waals surface area contributed by atoms with Gasteiger partial charge in [0.05, 0.1) is 17.0 Å². The number of fused-ring (bicyclic) bond motifs is 1. The Hall–Kier alpha value is -3.98. The second-order valence-corrected chi connectivity index (χ2v) is 14.2. The van der Waals surface area contributed by atoms with E-state index in [2.05, 4.69) is 0 Å². The first-order chi connectivity index (χ1) is 21.9. The molecule has 0 saturated carbocycles. The van der Waals surface area contributed by atoms with Crippen molar-refractivity contribution in [3.05, 3.63) is 64.2 Å². The number of carbonyl (C=O) groups excluding carboxylic acids is 4. The Labute approximate surface area is 274 Å². The lowest BCUT2D eigenvalue weighted by Gasteiger charge is -2.48. The van der Waals surface area contributed by atoms with Gasteiger partial charge in [0.15, 0.2) is 0 Å². The summed E-state index contributed by atoms with van der Waals surface area (Å²) in [5, 5.41) is 10.7. The van der Waals surface area contributed by atoms with Crippen LogP contribution in [0.1, 0.15) is 52.0 Å². The summed E-state index contributed by atoms with van der Waals surface area (Å²) < 4.78 is 21.1. The van der Waals surface area contributed by atoms with Gasteiger partial charge in [-0.05, 0) is 63.4 Å². The summed E-state index contributed by atoms with van der Waals surface area (Å²) in [5.74, 6) is 1.55. The Kier molecular flexibility index (Phi) is 12.2. The van der Waals surface area contributed by atoms with Gasteiger partial charge in [0.25, 0.3) is 5.69 Å². The number of hydrogen-bond acceptors (Lipinski definition) is 12. The first-order valence-electron chi connectivity index (χ1n) is 14.8. The van der Waals surface area contributed by atoms with Crippen LogP contribution in [0.25, 0.3) is 0 Å². The van der Waals surface area contributed by atoms with E-state index >= 15 is 0 Å². The Balaban J connectivity index is 1.23. The molecule has 0 aromatic heterocycles. The lowest BCUT2D eigenvalue weighted by atomic mass is 10.0. The SMILES string of the molecule is CC(C)(C)OC(=O)CCCCC(=O)N1CCN(C(=O)Oc2ccc(COC(=O)Oc3ccc([N+](=O)[O-])cc3)cc2)C2CSSCC21. The number of benzene rings is 2. The van der Waals surface area contributed by atoms with E-state index in [1.807, 2.05) is 25.7 Å². The van der Waals surface area contributed by atoms with Crippen LogP contribution in [0.3, 0.4) is 0 Å². The van der Waals surface area contributed by atoms with Crippen molar-refractivity contribution in [2.24, 2.45) is 0 Å². The number of rotatable bonds is 10. The van der Waals surface area contributed by atoms with Crippen molar-refractivity contribution in [3.63, 3.8) is 0 Å². The van der Waals surface area contributed by atoms with Crippen molar-refractivity contribution >= 4 is 51.4 Å². The molecular weight excluding hydrogens is 638 g/mol. The molecule has 0 radical (unpaired) electrons. The zero-order valence-electron chi connectivity index (χ0n) is 25.9. The number of nitro benzene ring substituents is 1. The average Bonchev–Trinajstić information content (AvgIpc) is 3.01. The van der Waals surface area contributed by atoms with E-state index in [-0.39, 0.29) is 48.4 Å². The fraction of sp³-hybridized carbons (Fsp3) is 0.484. The van der Waals surface area contributed by atoms with Crippen LogP contribution in [0.5, 0.6) is 11.5 Å². The maximum absolute atomic E-state index is 13.2. The molecule has 0 aliphatic carbocycles. The fourth-order valence-corrected chi connectivity index (χ4v) is 7.62. The van der Waals surface area contributed by atoms with Gasteiger partial charge in [-0.1, -0.05) is 33.7 Å². The molecule has 13 nitrogen and oxygen atoms in total. The van der Waals surface area contributed by atoms with Crippen LogP contribution in [0.15, 0.2) is 48.5 Å². The van der Waals surface area contributed by atoms with Gasteiger partial charge in [0.2, 0.25) is 5.91 Å². The summed E-state index contributed by atoms with van der Waals surface area (Å²) in [6, 6.07) is 11.2. The number of carbonyl (C=O) groups is 4. The molecule has 2 unspecified atom stereocenters. The molecule has 15 heteroatoms. The first kappa shape index (κ1) is 34.9. The lowest BCUT2D eigenvalue weighted by molar-refractivity contribution is -0.384. The minimum atomic E-state index is -0.971.